The van der Waals surface area contributed by atoms with Crippen molar-refractivity contribution in [1.29, 1.82) is 0 Å². The summed E-state index contributed by atoms with van der Waals surface area (Å²) in [5.41, 5.74) is 5.87. The number of nitrogens with one attached hydrogen (secondary N) is 1. The minimum absolute atomic E-state index is 0.0630. The van der Waals surface area contributed by atoms with Gasteiger partial charge in [0.15, 0.2) is 16.6 Å². The number of thiophene rings is 1. The number of aryl methyl sites for hydroxylation is 5. The molecule has 0 atom stereocenters. The van der Waals surface area contributed by atoms with Crippen molar-refractivity contribution in [3.05, 3.63) is 44.6 Å². The first-order chi connectivity index (χ1) is 18.2. The lowest BCUT2D eigenvalue weighted by Crippen LogP contribution is -2.36. The predicted octanol–water partition coefficient (Wildman–Crippen LogP) is 3.89. The zero-order valence-electron chi connectivity index (χ0n) is 22.2. The quantitative estimate of drug-likeness (QED) is 0.288. The third-order valence-corrected chi connectivity index (χ3v) is 8.13. The molecule has 5 aromatic rings. The van der Waals surface area contributed by atoms with E-state index < -0.39 is 0 Å². The van der Waals surface area contributed by atoms with Crippen LogP contribution in [0.15, 0.2) is 22.1 Å². The molecule has 0 aliphatic rings. The van der Waals surface area contributed by atoms with E-state index in [9.17, 15) is 9.59 Å². The second kappa shape index (κ2) is 10.3. The number of hydrogen-bond donors (Lipinski definition) is 1. The lowest BCUT2D eigenvalue weighted by atomic mass is 10.1. The largest absolute Gasteiger partial charge is 0.302 e. The van der Waals surface area contributed by atoms with E-state index in [1.54, 1.807) is 17.7 Å². The molecule has 0 aromatic carbocycles. The van der Waals surface area contributed by atoms with Crippen molar-refractivity contribution in [2.24, 2.45) is 7.05 Å². The van der Waals surface area contributed by atoms with Crippen LogP contribution < -0.4 is 11.0 Å². The van der Waals surface area contributed by atoms with Crippen molar-refractivity contribution in [3.8, 4) is 11.4 Å². The standard InChI is InChI=1S/C25H29N9O2S2/c1-7-8-9-33-21(17-10-13(2)26-22-20(17)15(4)30-32(22)6)28-29-25(33)37-12-19(35)31-34-16(5)27-23-18(24(34)36)11-14(3)38-23/h10-11H,7-9,12H2,1-6H3,(H,31,35). The molecule has 0 aliphatic carbocycles. The smallest absolute Gasteiger partial charge is 0.281 e. The molecule has 0 bridgehead atoms. The zero-order chi connectivity index (χ0) is 27.1. The normalized spacial score (nSPS) is 11.6. The summed E-state index contributed by atoms with van der Waals surface area (Å²) in [7, 11) is 1.88. The number of rotatable bonds is 8. The molecule has 0 radical (unpaired) electrons. The number of unbranched alkanes of at least 4 members (excludes halogenated alkanes) is 1. The molecule has 0 fully saturated rings. The molecule has 0 saturated carbocycles. The highest BCUT2D eigenvalue weighted by Crippen LogP contribution is 2.32. The average molecular weight is 552 g/mol. The highest BCUT2D eigenvalue weighted by molar-refractivity contribution is 7.99. The van der Waals surface area contributed by atoms with Gasteiger partial charge in [-0.1, -0.05) is 25.1 Å². The highest BCUT2D eigenvalue weighted by Gasteiger charge is 2.21. The Kier molecular flexibility index (Phi) is 7.05. The maximum atomic E-state index is 12.9. The van der Waals surface area contributed by atoms with Crippen molar-refractivity contribution in [3.63, 3.8) is 0 Å². The van der Waals surface area contributed by atoms with E-state index in [-0.39, 0.29) is 17.2 Å². The van der Waals surface area contributed by atoms with Crippen LogP contribution in [-0.2, 0) is 18.4 Å². The Hall–Kier alpha value is -3.58. The monoisotopic (exact) mass is 551 g/mol. The lowest BCUT2D eigenvalue weighted by Gasteiger charge is -2.12. The summed E-state index contributed by atoms with van der Waals surface area (Å²) in [6.07, 6.45) is 1.93. The Morgan fingerprint density at radius 2 is 1.92 bits per heavy atom. The van der Waals surface area contributed by atoms with Gasteiger partial charge < -0.3 is 4.57 Å². The highest BCUT2D eigenvalue weighted by atomic mass is 32.2. The summed E-state index contributed by atoms with van der Waals surface area (Å²) in [5.74, 6) is 0.890. The van der Waals surface area contributed by atoms with Crippen LogP contribution in [0.4, 0.5) is 0 Å². The molecule has 1 amide bonds. The van der Waals surface area contributed by atoms with Crippen LogP contribution in [0, 0.1) is 27.7 Å². The van der Waals surface area contributed by atoms with Crippen LogP contribution >= 0.6 is 23.1 Å². The number of pyridine rings is 1. The molecule has 38 heavy (non-hydrogen) atoms. The van der Waals surface area contributed by atoms with E-state index in [2.05, 4.69) is 42.2 Å². The first-order valence-electron chi connectivity index (χ1n) is 12.3. The van der Waals surface area contributed by atoms with E-state index >= 15 is 0 Å². The fraction of sp³-hybridized carbons (Fsp3) is 0.400. The molecule has 13 heteroatoms. The van der Waals surface area contributed by atoms with Crippen LogP contribution in [0.25, 0.3) is 32.6 Å². The van der Waals surface area contributed by atoms with Crippen molar-refractivity contribution in [2.75, 3.05) is 11.2 Å². The number of fused-ring (bicyclic) bond motifs is 2. The predicted molar refractivity (Wildman–Crippen MR) is 150 cm³/mol. The third kappa shape index (κ3) is 4.71. The van der Waals surface area contributed by atoms with Gasteiger partial charge >= 0.3 is 0 Å². The molecule has 1 N–H and O–H groups in total. The first kappa shape index (κ1) is 26.0. The van der Waals surface area contributed by atoms with Gasteiger partial charge in [-0.05, 0) is 46.2 Å². The van der Waals surface area contributed by atoms with Crippen molar-refractivity contribution in [1.82, 2.24) is 39.2 Å². The van der Waals surface area contributed by atoms with Gasteiger partial charge in [-0.15, -0.1) is 21.5 Å². The Labute approximate surface area is 227 Å². The Balaban J connectivity index is 1.43. The van der Waals surface area contributed by atoms with Gasteiger partial charge in [0, 0.05) is 29.7 Å². The van der Waals surface area contributed by atoms with Crippen LogP contribution in [0.5, 0.6) is 0 Å². The molecular weight excluding hydrogens is 522 g/mol. The van der Waals surface area contributed by atoms with Gasteiger partial charge in [0.2, 0.25) is 5.91 Å². The summed E-state index contributed by atoms with van der Waals surface area (Å²) in [4.78, 5) is 36.7. The maximum absolute atomic E-state index is 12.9. The summed E-state index contributed by atoms with van der Waals surface area (Å²) >= 11 is 2.75. The van der Waals surface area contributed by atoms with Crippen molar-refractivity contribution in [2.45, 2.75) is 59.2 Å². The molecule has 5 rings (SSSR count). The maximum Gasteiger partial charge on any atom is 0.281 e. The fourth-order valence-corrected chi connectivity index (χ4v) is 6.15. The average Bonchev–Trinajstić information content (AvgIpc) is 3.53. The third-order valence-electron chi connectivity index (χ3n) is 6.21. The molecule has 0 saturated heterocycles. The fourth-order valence-electron chi connectivity index (χ4n) is 4.48. The number of carbonyl (C=O) groups is 1. The van der Waals surface area contributed by atoms with Crippen molar-refractivity contribution >= 4 is 50.3 Å². The Morgan fingerprint density at radius 1 is 1.13 bits per heavy atom. The number of thioether (sulfide) groups is 1. The molecule has 5 aromatic heterocycles. The lowest BCUT2D eigenvalue weighted by molar-refractivity contribution is -0.114. The van der Waals surface area contributed by atoms with E-state index in [1.807, 2.05) is 33.9 Å². The van der Waals surface area contributed by atoms with Gasteiger partial charge in [-0.2, -0.15) is 5.10 Å². The van der Waals surface area contributed by atoms with Gasteiger partial charge in [0.1, 0.15) is 10.7 Å². The molecule has 0 aliphatic heterocycles. The minimum atomic E-state index is -0.329. The summed E-state index contributed by atoms with van der Waals surface area (Å²) in [6.45, 7) is 10.4. The van der Waals surface area contributed by atoms with Crippen molar-refractivity contribution < 1.29 is 4.79 Å². The van der Waals surface area contributed by atoms with Crippen LogP contribution in [0.1, 0.15) is 41.9 Å². The number of hydrogen-bond acceptors (Lipinski definition) is 9. The van der Waals surface area contributed by atoms with E-state index in [1.165, 1.54) is 27.8 Å². The molecular formula is C25H29N9O2S2. The van der Waals surface area contributed by atoms with E-state index in [0.29, 0.717) is 27.7 Å². The Bertz CT molecular complexity index is 1750. The van der Waals surface area contributed by atoms with E-state index in [0.717, 1.165) is 51.5 Å². The van der Waals surface area contributed by atoms with Gasteiger partial charge in [0.05, 0.1) is 22.2 Å². The van der Waals surface area contributed by atoms with Crippen LogP contribution in [0.2, 0.25) is 0 Å². The number of amides is 1. The molecule has 0 unspecified atom stereocenters. The molecule has 198 valence electrons. The number of carbonyl (C=O) groups excluding carboxylic acids is 1. The molecule has 0 spiro atoms. The summed E-state index contributed by atoms with van der Waals surface area (Å²) in [5, 5.41) is 15.6. The SMILES string of the molecule is CCCCn1c(SCC(=O)Nn2c(C)nc3sc(C)cc3c2=O)nnc1-c1cc(C)nc2c1c(C)nn2C. The summed E-state index contributed by atoms with van der Waals surface area (Å²) < 4.78 is 5.05. The number of aromatic nitrogens is 8. The molecule has 11 nitrogen and oxygen atoms in total. The number of nitrogens with zero attached hydrogens (tertiary/aromatic N) is 8. The van der Waals surface area contributed by atoms with Crippen LogP contribution in [-0.4, -0.2) is 50.8 Å². The zero-order valence-corrected chi connectivity index (χ0v) is 23.8. The summed E-state index contributed by atoms with van der Waals surface area (Å²) in [6, 6.07) is 3.81. The van der Waals surface area contributed by atoms with Crippen LogP contribution in [0.3, 0.4) is 0 Å². The van der Waals surface area contributed by atoms with Gasteiger partial charge in [0.25, 0.3) is 5.56 Å². The first-order valence-corrected chi connectivity index (χ1v) is 14.1. The second-order valence-corrected chi connectivity index (χ2v) is 11.4. The minimum Gasteiger partial charge on any atom is -0.302 e. The Morgan fingerprint density at radius 3 is 2.68 bits per heavy atom. The van der Waals surface area contributed by atoms with Gasteiger partial charge in [-0.25, -0.2) is 14.6 Å². The van der Waals surface area contributed by atoms with E-state index in [4.69, 9.17) is 0 Å². The molecule has 5 heterocycles. The topological polar surface area (TPSA) is 125 Å². The second-order valence-electron chi connectivity index (χ2n) is 9.23. The van der Waals surface area contributed by atoms with Gasteiger partial charge in [-0.3, -0.25) is 19.7 Å².